The molecule has 1 rings (SSSR count). The van der Waals surface area contributed by atoms with Crippen molar-refractivity contribution < 1.29 is 23.1 Å². The van der Waals surface area contributed by atoms with Gasteiger partial charge in [-0.15, -0.1) is 0 Å². The van der Waals surface area contributed by atoms with Crippen LogP contribution in [-0.4, -0.2) is 32.1 Å². The number of carboxylic acid groups (broad SMARTS) is 1. The van der Waals surface area contributed by atoms with Crippen molar-refractivity contribution in [2.24, 2.45) is 5.92 Å². The van der Waals surface area contributed by atoms with Crippen LogP contribution in [0.1, 0.15) is 27.2 Å². The number of nitrogens with one attached hydrogen (secondary N) is 1. The van der Waals surface area contributed by atoms with Crippen molar-refractivity contribution in [3.8, 4) is 5.75 Å². The molecule has 0 amide bonds. The molecule has 2 N–H and O–H groups in total. The van der Waals surface area contributed by atoms with Crippen molar-refractivity contribution in [2.45, 2.75) is 38.1 Å². The summed E-state index contributed by atoms with van der Waals surface area (Å²) in [6.07, 6.45) is -0.269. The molecule has 0 heterocycles. The lowest BCUT2D eigenvalue weighted by atomic mass is 10.2. The topological polar surface area (TPSA) is 92.7 Å². The smallest absolute Gasteiger partial charge is 0.304 e. The van der Waals surface area contributed by atoms with Gasteiger partial charge in [-0.2, -0.15) is 0 Å². The van der Waals surface area contributed by atoms with Gasteiger partial charge in [-0.05, 0) is 37.1 Å². The minimum Gasteiger partial charge on any atom is -0.493 e. The van der Waals surface area contributed by atoms with Gasteiger partial charge in [0, 0.05) is 6.04 Å². The fourth-order valence-corrected chi connectivity index (χ4v) is 2.86. The van der Waals surface area contributed by atoms with E-state index in [1.54, 1.807) is 12.1 Å². The minimum absolute atomic E-state index is 0.0802. The number of sulfonamides is 1. The second-order valence-corrected chi connectivity index (χ2v) is 7.01. The van der Waals surface area contributed by atoms with E-state index in [1.807, 2.05) is 13.8 Å². The van der Waals surface area contributed by atoms with E-state index in [9.17, 15) is 13.2 Å². The van der Waals surface area contributed by atoms with E-state index in [1.165, 1.54) is 19.1 Å². The molecule has 1 atom stereocenters. The zero-order valence-electron chi connectivity index (χ0n) is 12.4. The average molecular weight is 315 g/mol. The Morgan fingerprint density at radius 3 is 2.29 bits per heavy atom. The van der Waals surface area contributed by atoms with E-state index in [0.717, 1.165) is 0 Å². The summed E-state index contributed by atoms with van der Waals surface area (Å²) in [5.41, 5.74) is 0. The molecular weight excluding hydrogens is 294 g/mol. The summed E-state index contributed by atoms with van der Waals surface area (Å²) in [4.78, 5) is 10.6. The van der Waals surface area contributed by atoms with Crippen LogP contribution in [0.15, 0.2) is 29.2 Å². The van der Waals surface area contributed by atoms with E-state index in [2.05, 4.69) is 4.72 Å². The maximum absolute atomic E-state index is 12.1. The van der Waals surface area contributed by atoms with Crippen molar-refractivity contribution >= 4 is 16.0 Å². The van der Waals surface area contributed by atoms with Crippen LogP contribution in [0.4, 0.5) is 0 Å². The van der Waals surface area contributed by atoms with Gasteiger partial charge < -0.3 is 9.84 Å². The molecule has 7 heteroatoms. The molecule has 1 aromatic carbocycles. The minimum atomic E-state index is -3.72. The Bertz CT molecular complexity index is 566. The van der Waals surface area contributed by atoms with E-state index in [0.29, 0.717) is 18.3 Å². The van der Waals surface area contributed by atoms with Gasteiger partial charge in [-0.3, -0.25) is 4.79 Å². The highest BCUT2D eigenvalue weighted by atomic mass is 32.2. The molecule has 6 nitrogen and oxygen atoms in total. The highest BCUT2D eigenvalue weighted by Gasteiger charge is 2.19. The number of benzene rings is 1. The van der Waals surface area contributed by atoms with Crippen LogP contribution in [0.3, 0.4) is 0 Å². The Morgan fingerprint density at radius 2 is 1.81 bits per heavy atom. The zero-order valence-corrected chi connectivity index (χ0v) is 13.2. The fourth-order valence-electron chi connectivity index (χ4n) is 1.61. The van der Waals surface area contributed by atoms with Crippen LogP contribution in [0.25, 0.3) is 0 Å². The average Bonchev–Trinajstić information content (AvgIpc) is 2.35. The Kier molecular flexibility index (Phi) is 6.17. The van der Waals surface area contributed by atoms with Crippen LogP contribution in [0, 0.1) is 5.92 Å². The van der Waals surface area contributed by atoms with Gasteiger partial charge in [0.1, 0.15) is 5.75 Å². The Hall–Kier alpha value is -1.60. The predicted molar refractivity (Wildman–Crippen MR) is 78.8 cm³/mol. The summed E-state index contributed by atoms with van der Waals surface area (Å²) in [7, 11) is -3.72. The molecule has 0 aliphatic heterocycles. The van der Waals surface area contributed by atoms with Gasteiger partial charge in [0.05, 0.1) is 17.9 Å². The number of carboxylic acids is 1. The molecule has 0 spiro atoms. The molecule has 1 unspecified atom stereocenters. The molecule has 0 aliphatic rings. The zero-order chi connectivity index (χ0) is 16.0. The largest absolute Gasteiger partial charge is 0.493 e. The summed E-state index contributed by atoms with van der Waals surface area (Å²) in [5, 5.41) is 8.64. The monoisotopic (exact) mass is 315 g/mol. The highest BCUT2D eigenvalue weighted by Crippen LogP contribution is 2.17. The maximum Gasteiger partial charge on any atom is 0.304 e. The van der Waals surface area contributed by atoms with Gasteiger partial charge >= 0.3 is 5.97 Å². The van der Waals surface area contributed by atoms with Crippen molar-refractivity contribution in [1.82, 2.24) is 4.72 Å². The number of hydrogen-bond donors (Lipinski definition) is 2. The standard InChI is InChI=1S/C14H21NO5S/c1-10(2)9-20-12-4-6-13(7-5-12)21(18,19)15-11(3)8-14(16)17/h4-7,10-11,15H,8-9H2,1-3H3,(H,16,17). The molecule has 0 saturated heterocycles. The Balaban J connectivity index is 2.73. The molecule has 0 bridgehead atoms. The van der Waals surface area contributed by atoms with Gasteiger partial charge in [-0.1, -0.05) is 13.8 Å². The highest BCUT2D eigenvalue weighted by molar-refractivity contribution is 7.89. The summed E-state index contributed by atoms with van der Waals surface area (Å²) < 4.78 is 31.9. The number of hydrogen-bond acceptors (Lipinski definition) is 4. The van der Waals surface area contributed by atoms with Crippen molar-refractivity contribution in [3.63, 3.8) is 0 Å². The molecule has 21 heavy (non-hydrogen) atoms. The third kappa shape index (κ3) is 6.14. The van der Waals surface area contributed by atoms with Gasteiger partial charge in [-0.25, -0.2) is 13.1 Å². The van der Waals surface area contributed by atoms with E-state index < -0.39 is 22.0 Å². The molecule has 0 aliphatic carbocycles. The van der Waals surface area contributed by atoms with Crippen LogP contribution in [0.2, 0.25) is 0 Å². The second-order valence-electron chi connectivity index (χ2n) is 5.30. The number of ether oxygens (including phenoxy) is 1. The molecule has 118 valence electrons. The van der Waals surface area contributed by atoms with Gasteiger partial charge in [0.25, 0.3) is 0 Å². The van der Waals surface area contributed by atoms with Crippen LogP contribution in [-0.2, 0) is 14.8 Å². The lowest BCUT2D eigenvalue weighted by Crippen LogP contribution is -2.34. The third-order valence-corrected chi connectivity index (χ3v) is 4.16. The molecule has 0 radical (unpaired) electrons. The number of carbonyl (C=O) groups is 1. The first-order valence-corrected chi connectivity index (χ1v) is 8.16. The fraction of sp³-hybridized carbons (Fsp3) is 0.500. The lowest BCUT2D eigenvalue weighted by molar-refractivity contribution is -0.137. The lowest BCUT2D eigenvalue weighted by Gasteiger charge is -2.13. The normalized spacial score (nSPS) is 13.1. The maximum atomic E-state index is 12.1. The van der Waals surface area contributed by atoms with Crippen molar-refractivity contribution in [2.75, 3.05) is 6.61 Å². The van der Waals surface area contributed by atoms with Crippen LogP contribution < -0.4 is 9.46 Å². The third-order valence-electron chi connectivity index (χ3n) is 2.55. The van der Waals surface area contributed by atoms with E-state index in [4.69, 9.17) is 9.84 Å². The molecular formula is C14H21NO5S. The Morgan fingerprint density at radius 1 is 1.24 bits per heavy atom. The SMILES string of the molecule is CC(C)COc1ccc(S(=O)(=O)NC(C)CC(=O)O)cc1. The molecule has 0 saturated carbocycles. The van der Waals surface area contributed by atoms with Gasteiger partial charge in [0.15, 0.2) is 0 Å². The number of rotatable bonds is 8. The van der Waals surface area contributed by atoms with E-state index >= 15 is 0 Å². The number of aliphatic carboxylic acids is 1. The summed E-state index contributed by atoms with van der Waals surface area (Å²) in [5.74, 6) is -0.0733. The molecule has 0 aromatic heterocycles. The first kappa shape index (κ1) is 17.5. The quantitative estimate of drug-likeness (QED) is 0.764. The Labute approximate surface area is 125 Å². The van der Waals surface area contributed by atoms with Gasteiger partial charge in [0.2, 0.25) is 10.0 Å². The van der Waals surface area contributed by atoms with Crippen LogP contribution >= 0.6 is 0 Å². The van der Waals surface area contributed by atoms with Crippen LogP contribution in [0.5, 0.6) is 5.75 Å². The molecule has 1 aromatic rings. The first-order chi connectivity index (χ1) is 9.70. The second kappa shape index (κ2) is 7.42. The summed E-state index contributed by atoms with van der Waals surface area (Å²) in [6, 6.07) is 5.36. The van der Waals surface area contributed by atoms with E-state index in [-0.39, 0.29) is 11.3 Å². The summed E-state index contributed by atoms with van der Waals surface area (Å²) >= 11 is 0. The van der Waals surface area contributed by atoms with Crippen molar-refractivity contribution in [1.29, 1.82) is 0 Å². The van der Waals surface area contributed by atoms with Crippen molar-refractivity contribution in [3.05, 3.63) is 24.3 Å². The first-order valence-electron chi connectivity index (χ1n) is 6.67. The molecule has 0 fully saturated rings. The predicted octanol–water partition coefficient (Wildman–Crippen LogP) is 1.86. The summed E-state index contributed by atoms with van der Waals surface area (Å²) in [6.45, 7) is 6.10.